The Kier molecular flexibility index (Phi) is 27.7. The molecule has 3 aliphatic carbocycles. The number of carbonyl (C=O) groups is 3. The largest absolute Gasteiger partial charge is 0.393 e. The lowest BCUT2D eigenvalue weighted by molar-refractivity contribution is -0.136. The van der Waals surface area contributed by atoms with Crippen molar-refractivity contribution in [1.29, 1.82) is 0 Å². The second-order valence-electron chi connectivity index (χ2n) is 34.2. The van der Waals surface area contributed by atoms with Gasteiger partial charge in [-0.2, -0.15) is 15.0 Å². The molecule has 9 aliphatic rings. The van der Waals surface area contributed by atoms with Crippen LogP contribution < -0.4 is 26.6 Å². The number of amides is 3. The number of likely N-dealkylation sites (tertiary alicyclic amines) is 4. The minimum absolute atomic E-state index is 0.00767. The highest BCUT2D eigenvalue weighted by atomic mass is 16.3. The molecule has 0 spiro atoms. The number of anilines is 3. The van der Waals surface area contributed by atoms with Gasteiger partial charge in [-0.15, -0.1) is 0 Å². The lowest BCUT2D eigenvalue weighted by Gasteiger charge is -2.35. The summed E-state index contributed by atoms with van der Waals surface area (Å²) < 4.78 is 7.12. The fraction of sp³-hybridized carbons (Fsp3) is 0.750. The monoisotopic (exact) mass is 1490 g/mol. The van der Waals surface area contributed by atoms with Crippen LogP contribution in [0.25, 0.3) is 33.1 Å². The number of aliphatic hydroxyl groups excluding tert-OH is 3. The molecule has 108 heavy (non-hydrogen) atoms. The third-order valence-electron chi connectivity index (χ3n) is 26.0. The Labute approximate surface area is 642 Å². The lowest BCUT2D eigenvalue weighted by atomic mass is 9.89. The zero-order valence-corrected chi connectivity index (χ0v) is 66.5. The fourth-order valence-corrected chi connectivity index (χ4v) is 19.6. The van der Waals surface area contributed by atoms with E-state index in [0.717, 1.165) is 285 Å². The van der Waals surface area contributed by atoms with E-state index in [4.69, 9.17) is 29.9 Å². The van der Waals surface area contributed by atoms with Gasteiger partial charge in [-0.25, -0.2) is 15.0 Å². The minimum atomic E-state index is -0.176. The number of carbonyl (C=O) groups excluding carboxylic acids is 3. The van der Waals surface area contributed by atoms with Crippen LogP contribution in [0.3, 0.4) is 0 Å². The molecular formula is C84H132N18O6. The van der Waals surface area contributed by atoms with Crippen molar-refractivity contribution < 1.29 is 29.7 Å². The minimum Gasteiger partial charge on any atom is -0.393 e. The van der Waals surface area contributed by atoms with Gasteiger partial charge in [-0.1, -0.05) is 52.9 Å². The summed E-state index contributed by atoms with van der Waals surface area (Å²) in [6, 6.07) is 2.10. The molecule has 6 aromatic heterocycles. The molecule has 3 saturated carbocycles. The van der Waals surface area contributed by atoms with E-state index in [9.17, 15) is 29.7 Å². The summed E-state index contributed by atoms with van der Waals surface area (Å²) >= 11 is 0. The second kappa shape index (κ2) is 37.6. The smallest absolute Gasteiger partial charge is 0.239 e. The normalized spacial score (nSPS) is 26.8. The molecule has 0 bridgehead atoms. The number of hydrogen-bond acceptors (Lipinski definition) is 18. The number of aromatic nitrogens is 9. The Morgan fingerprint density at radius 2 is 0.741 bits per heavy atom. The van der Waals surface area contributed by atoms with Crippen LogP contribution in [0.2, 0.25) is 0 Å². The summed E-state index contributed by atoms with van der Waals surface area (Å²) in [4.78, 5) is 76.8. The second-order valence-corrected chi connectivity index (χ2v) is 34.2. The van der Waals surface area contributed by atoms with Crippen LogP contribution in [-0.2, 0) is 14.4 Å². The van der Waals surface area contributed by atoms with Gasteiger partial charge in [0.1, 0.15) is 16.9 Å². The molecule has 8 N–H and O–H groups in total. The van der Waals surface area contributed by atoms with Crippen molar-refractivity contribution in [2.75, 3.05) is 88.4 Å². The molecule has 12 heterocycles. The maximum absolute atomic E-state index is 13.1. The Morgan fingerprint density at radius 3 is 1.02 bits per heavy atom. The first-order valence-corrected chi connectivity index (χ1v) is 43.0. The van der Waals surface area contributed by atoms with Crippen molar-refractivity contribution in [2.24, 2.45) is 5.92 Å². The number of nitrogens with one attached hydrogen (secondary N) is 5. The first-order chi connectivity index (χ1) is 52.5. The molecule has 6 aromatic rings. The Bertz CT molecular complexity index is 3480. The first kappa shape index (κ1) is 79.5. The molecule has 3 amide bonds. The van der Waals surface area contributed by atoms with Crippen LogP contribution in [0.4, 0.5) is 17.8 Å². The molecular weight excluding hydrogens is 1360 g/mol. The summed E-state index contributed by atoms with van der Waals surface area (Å²) in [5.41, 5.74) is 7.02. The Balaban J connectivity index is 0.000000143. The van der Waals surface area contributed by atoms with Crippen molar-refractivity contribution in [3.8, 4) is 0 Å². The zero-order chi connectivity index (χ0) is 75.4. The number of hydrogen-bond donors (Lipinski definition) is 8. The molecule has 24 nitrogen and oxygen atoms in total. The summed E-state index contributed by atoms with van der Waals surface area (Å²) in [5, 5.41) is 51.0. The molecule has 594 valence electrons. The van der Waals surface area contributed by atoms with Gasteiger partial charge in [-0.3, -0.25) is 14.4 Å². The molecule has 0 radical (unpaired) electrons. The summed E-state index contributed by atoms with van der Waals surface area (Å²) in [6.07, 6.45) is 43.5. The van der Waals surface area contributed by atoms with Crippen molar-refractivity contribution in [2.45, 2.75) is 325 Å². The maximum atomic E-state index is 13.1. The summed E-state index contributed by atoms with van der Waals surface area (Å²) in [7, 11) is 2.11. The average Bonchev–Trinajstić information content (AvgIpc) is 1.63. The van der Waals surface area contributed by atoms with Crippen LogP contribution in [0.15, 0.2) is 37.2 Å². The van der Waals surface area contributed by atoms with E-state index < -0.39 is 0 Å². The molecule has 9 fully saturated rings. The number of fused-ring (bicyclic) bond motifs is 3. The predicted octanol–water partition coefficient (Wildman–Crippen LogP) is 12.9. The third kappa shape index (κ3) is 19.5. The molecule has 15 rings (SSSR count). The molecule has 0 aromatic carbocycles. The number of piperidine rings is 5. The van der Waals surface area contributed by atoms with E-state index in [1.54, 1.807) is 0 Å². The first-order valence-electron chi connectivity index (χ1n) is 43.0. The molecule has 1 unspecified atom stereocenters. The third-order valence-corrected chi connectivity index (χ3v) is 26.0. The van der Waals surface area contributed by atoms with Crippen molar-refractivity contribution >= 4 is 68.7 Å². The molecule has 6 atom stereocenters. The van der Waals surface area contributed by atoms with Crippen molar-refractivity contribution in [1.82, 2.24) is 73.8 Å². The summed E-state index contributed by atoms with van der Waals surface area (Å²) in [5.74, 6) is 4.43. The average molecular weight is 1490 g/mol. The van der Waals surface area contributed by atoms with E-state index in [-0.39, 0.29) is 48.1 Å². The predicted molar refractivity (Wildman–Crippen MR) is 430 cm³/mol. The van der Waals surface area contributed by atoms with Gasteiger partial charge in [0, 0.05) is 135 Å². The van der Waals surface area contributed by atoms with Gasteiger partial charge in [0.15, 0.2) is 0 Å². The molecule has 24 heteroatoms. The van der Waals surface area contributed by atoms with Crippen LogP contribution in [0.5, 0.6) is 0 Å². The van der Waals surface area contributed by atoms with Gasteiger partial charge in [0.05, 0.1) is 36.3 Å². The zero-order valence-electron chi connectivity index (χ0n) is 66.5. The van der Waals surface area contributed by atoms with Crippen molar-refractivity contribution in [3.63, 3.8) is 0 Å². The van der Waals surface area contributed by atoms with E-state index in [0.29, 0.717) is 77.8 Å². The highest BCUT2D eigenvalue weighted by Crippen LogP contribution is 2.43. The number of nitrogens with zero attached hydrogens (tertiary/aromatic N) is 13. The van der Waals surface area contributed by atoms with Gasteiger partial charge < -0.3 is 75.2 Å². The Hall–Kier alpha value is -6.57. The van der Waals surface area contributed by atoms with Gasteiger partial charge in [0.25, 0.3) is 0 Å². The van der Waals surface area contributed by atoms with Crippen molar-refractivity contribution in [3.05, 3.63) is 53.9 Å². The topological polar surface area (TPSA) is 277 Å². The van der Waals surface area contributed by atoms with Gasteiger partial charge in [-0.05, 0) is 249 Å². The van der Waals surface area contributed by atoms with Crippen LogP contribution in [0, 0.1) is 5.92 Å². The fourth-order valence-electron chi connectivity index (χ4n) is 19.6. The quantitative estimate of drug-likeness (QED) is 0.0332. The van der Waals surface area contributed by atoms with Crippen LogP contribution in [-0.4, -0.2) is 217 Å². The van der Waals surface area contributed by atoms with Crippen LogP contribution in [0.1, 0.15) is 293 Å². The number of aliphatic hydroxyl groups is 3. The summed E-state index contributed by atoms with van der Waals surface area (Å²) in [6.45, 7) is 21.9. The molecule has 6 saturated heterocycles. The van der Waals surface area contributed by atoms with E-state index in [1.807, 2.05) is 18.6 Å². The highest BCUT2D eigenvalue weighted by Gasteiger charge is 2.38. The van der Waals surface area contributed by atoms with E-state index in [2.05, 4.69) is 127 Å². The van der Waals surface area contributed by atoms with Gasteiger partial charge in [0.2, 0.25) is 35.6 Å². The number of rotatable bonds is 21. The lowest BCUT2D eigenvalue weighted by Crippen LogP contribution is -2.50. The Morgan fingerprint density at radius 1 is 0.426 bits per heavy atom. The standard InChI is InChI=1S/3C28H44N6O2/c1-4-5-19(2)30-28-29-16-24-25(18-34(26(24)31-28)22-6-8-23(35)9-7-22)20-11-14-33(15-12-20)27(36)21-10-13-32(3)17-21;2*1-3-6-19(2)31-28-30-17-23-24(18-34(26(23)32-28)21-8-10-22(35)11-9-21)20-12-15-33(16-13-20)27(36)25-7-4-5-14-29-25/h16,18-23,35H,4-15,17H2,1-3H3,(H,29,30,31);2*17-22,25,29,35H,3-16H2,1-2H3,(H,30,31,32)/t19-,21?,22?,23?;19-,21?,22?,25+;19-,21?,22?,25-/m000/s1. The highest BCUT2D eigenvalue weighted by molar-refractivity contribution is 5.86. The van der Waals surface area contributed by atoms with Gasteiger partial charge >= 0.3 is 0 Å². The molecule has 6 aliphatic heterocycles. The SMILES string of the molecule is CCC[C@H](C)Nc1ncc2c(C3CCN(C(=O)C4CCN(C)C4)CC3)cn(C3CCC(O)CC3)c2n1.CCC[C@H](C)Nc1ncc2c(C3CCN(C(=O)[C@@H]4CCCCN4)CC3)cn(C3CCC(O)CC3)c2n1.CCC[C@H](C)Nc1ncc2c(C3CCN(C(=O)[C@H]4CCCCN4)CC3)cn(C3CCC(O)CC3)c2n1. The van der Waals surface area contributed by atoms with Crippen LogP contribution >= 0.6 is 0 Å². The van der Waals surface area contributed by atoms with E-state index >= 15 is 0 Å². The van der Waals surface area contributed by atoms with E-state index in [1.165, 1.54) is 29.5 Å². The maximum Gasteiger partial charge on any atom is 0.239 e.